The fraction of sp³-hybridized carbons (Fsp3) is 0.250. The molecule has 2 rings (SSSR count). The molecule has 0 bridgehead atoms. The summed E-state index contributed by atoms with van der Waals surface area (Å²) >= 11 is 0. The Kier molecular flexibility index (Phi) is 1.24. The number of benzene rings is 1. The predicted molar refractivity (Wildman–Crippen MR) is 38.5 cm³/mol. The highest BCUT2D eigenvalue weighted by Gasteiger charge is 2.07. The van der Waals surface area contributed by atoms with Crippen LogP contribution in [0.4, 0.5) is 0 Å². The van der Waals surface area contributed by atoms with E-state index in [1.165, 1.54) is 0 Å². The van der Waals surface area contributed by atoms with E-state index >= 15 is 0 Å². The first kappa shape index (κ1) is 5.59. The van der Waals surface area contributed by atoms with Gasteiger partial charge in [-0.1, -0.05) is 12.1 Å². The Labute approximate surface area is 60.9 Å². The highest BCUT2D eigenvalue weighted by atomic mass is 16.6. The summed E-state index contributed by atoms with van der Waals surface area (Å²) in [4.78, 5) is 0. The van der Waals surface area contributed by atoms with Crippen LogP contribution in [0.1, 0.15) is 1.43 Å². The van der Waals surface area contributed by atoms with Gasteiger partial charge in [-0.2, -0.15) is 0 Å². The van der Waals surface area contributed by atoms with Crippen LogP contribution in [0.3, 0.4) is 0 Å². The third-order valence-electron chi connectivity index (χ3n) is 1.45. The maximum absolute atomic E-state index is 5.30. The van der Waals surface area contributed by atoms with Crippen LogP contribution in [-0.4, -0.2) is 13.2 Å². The van der Waals surface area contributed by atoms with Gasteiger partial charge in [-0.25, -0.2) is 0 Å². The Hall–Kier alpha value is -1.18. The lowest BCUT2D eigenvalue weighted by Crippen LogP contribution is -2.14. The Bertz CT molecular complexity index is 212. The van der Waals surface area contributed by atoms with E-state index in [0.717, 1.165) is 11.5 Å². The summed E-state index contributed by atoms with van der Waals surface area (Å²) in [6.07, 6.45) is 0. The molecule has 0 spiro atoms. The zero-order valence-electron chi connectivity index (χ0n) is 6.54. The second-order valence-corrected chi connectivity index (χ2v) is 2.14. The smallest absolute Gasteiger partial charge is 0.486 e. The van der Waals surface area contributed by atoms with Gasteiger partial charge in [0.15, 0.2) is 11.5 Å². The Balaban J connectivity index is 0.000000605. The normalized spacial score (nSPS) is 14.8. The van der Waals surface area contributed by atoms with Crippen molar-refractivity contribution in [1.82, 2.24) is 0 Å². The molecule has 0 radical (unpaired) electrons. The topological polar surface area (TPSA) is 18.5 Å². The van der Waals surface area contributed by atoms with E-state index in [-0.39, 0.29) is 1.43 Å². The van der Waals surface area contributed by atoms with Crippen molar-refractivity contribution in [2.24, 2.45) is 0 Å². The Morgan fingerprint density at radius 2 is 1.50 bits per heavy atom. The van der Waals surface area contributed by atoms with Crippen LogP contribution < -0.4 is 9.47 Å². The summed E-state index contributed by atoms with van der Waals surface area (Å²) in [6.45, 7) is 1.33. The third kappa shape index (κ3) is 0.817. The number of rotatable bonds is 0. The molecule has 0 aliphatic carbocycles. The van der Waals surface area contributed by atoms with Crippen molar-refractivity contribution < 1.29 is 10.9 Å². The predicted octanol–water partition coefficient (Wildman–Crippen LogP) is 1.57. The fourth-order valence-electron chi connectivity index (χ4n) is 0.992. The van der Waals surface area contributed by atoms with Crippen molar-refractivity contribution in [3.8, 4) is 11.5 Å². The monoisotopic (exact) mass is 137 g/mol. The van der Waals surface area contributed by atoms with E-state index in [1.807, 2.05) is 24.3 Å². The molecule has 2 nitrogen and oxygen atoms in total. The molecule has 10 heavy (non-hydrogen) atoms. The molecule has 0 amide bonds. The van der Waals surface area contributed by atoms with Gasteiger partial charge in [0, 0.05) is 0 Å². The summed E-state index contributed by atoms with van der Waals surface area (Å²) in [5.74, 6) is 1.71. The third-order valence-corrected chi connectivity index (χ3v) is 1.45. The summed E-state index contributed by atoms with van der Waals surface area (Å²) in [6, 6.07) is 7.70. The van der Waals surface area contributed by atoms with E-state index in [1.54, 1.807) is 0 Å². The number of hydrogen-bond acceptors (Lipinski definition) is 2. The van der Waals surface area contributed by atoms with E-state index in [2.05, 4.69) is 0 Å². The van der Waals surface area contributed by atoms with Gasteiger partial charge >= 0.3 is 1.43 Å². The molecule has 0 aromatic heterocycles. The number of fused-ring (bicyclic) bond motifs is 1. The molecule has 0 N–H and O–H groups in total. The first-order chi connectivity index (χ1) is 4.97. The fourth-order valence-corrected chi connectivity index (χ4v) is 0.992. The van der Waals surface area contributed by atoms with Crippen LogP contribution in [-0.2, 0) is 0 Å². The van der Waals surface area contributed by atoms with Crippen molar-refractivity contribution in [2.75, 3.05) is 13.2 Å². The first-order valence-corrected chi connectivity index (χ1v) is 3.31. The second kappa shape index (κ2) is 2.21. The van der Waals surface area contributed by atoms with Crippen LogP contribution in [0.25, 0.3) is 0 Å². The van der Waals surface area contributed by atoms with Crippen molar-refractivity contribution >= 4 is 0 Å². The standard InChI is InChI=1S/C8H8O2/c1-2-4-8-7(3-1)9-5-6-10-8/h1-4H,5-6H2/p+1. The number of hydrogen-bond donors (Lipinski definition) is 0. The minimum atomic E-state index is 0. The average Bonchev–Trinajstić information content (AvgIpc) is 2.05. The largest absolute Gasteiger partial charge is 1.00 e. The maximum atomic E-state index is 5.30. The van der Waals surface area contributed by atoms with Crippen LogP contribution in [0.5, 0.6) is 11.5 Å². The summed E-state index contributed by atoms with van der Waals surface area (Å²) < 4.78 is 10.6. The molecule has 52 valence electrons. The molecule has 1 aliphatic rings. The summed E-state index contributed by atoms with van der Waals surface area (Å²) in [5, 5.41) is 0. The number of para-hydroxylation sites is 2. The molecule has 2 heteroatoms. The molecular formula is C8H9O2+. The second-order valence-electron chi connectivity index (χ2n) is 2.14. The molecular weight excluding hydrogens is 128 g/mol. The Morgan fingerprint density at radius 3 is 2.00 bits per heavy atom. The van der Waals surface area contributed by atoms with Gasteiger partial charge in [-0.15, -0.1) is 0 Å². The van der Waals surface area contributed by atoms with Crippen molar-refractivity contribution in [1.29, 1.82) is 0 Å². The lowest BCUT2D eigenvalue weighted by molar-refractivity contribution is 0.171. The first-order valence-electron chi connectivity index (χ1n) is 3.31. The van der Waals surface area contributed by atoms with E-state index in [9.17, 15) is 0 Å². The minimum Gasteiger partial charge on any atom is -0.486 e. The van der Waals surface area contributed by atoms with Gasteiger partial charge in [-0.3, -0.25) is 0 Å². The van der Waals surface area contributed by atoms with Crippen molar-refractivity contribution in [3.63, 3.8) is 0 Å². The molecule has 0 unspecified atom stereocenters. The summed E-state index contributed by atoms with van der Waals surface area (Å²) in [5.41, 5.74) is 0. The molecule has 0 fully saturated rings. The van der Waals surface area contributed by atoms with Crippen molar-refractivity contribution in [2.45, 2.75) is 0 Å². The van der Waals surface area contributed by atoms with Gasteiger partial charge < -0.3 is 9.47 Å². The SMILES string of the molecule is [H+].c1ccc2c(c1)OCCO2. The molecule has 0 saturated carbocycles. The molecule has 1 heterocycles. The number of ether oxygens (including phenoxy) is 2. The molecule has 1 aromatic carbocycles. The van der Waals surface area contributed by atoms with E-state index in [0.29, 0.717) is 13.2 Å². The van der Waals surface area contributed by atoms with Gasteiger partial charge in [0.1, 0.15) is 13.2 Å². The zero-order valence-corrected chi connectivity index (χ0v) is 5.54. The van der Waals surface area contributed by atoms with Crippen LogP contribution >= 0.6 is 0 Å². The minimum absolute atomic E-state index is 0. The van der Waals surface area contributed by atoms with E-state index < -0.39 is 0 Å². The highest BCUT2D eigenvalue weighted by Crippen LogP contribution is 2.28. The maximum Gasteiger partial charge on any atom is 1.00 e. The quantitative estimate of drug-likeness (QED) is 0.540. The lowest BCUT2D eigenvalue weighted by atomic mass is 10.3. The van der Waals surface area contributed by atoms with Gasteiger partial charge in [0.05, 0.1) is 0 Å². The average molecular weight is 137 g/mol. The summed E-state index contributed by atoms with van der Waals surface area (Å²) in [7, 11) is 0. The Morgan fingerprint density at radius 1 is 1.00 bits per heavy atom. The molecule has 1 aliphatic heterocycles. The molecule has 0 atom stereocenters. The molecule has 0 saturated heterocycles. The lowest BCUT2D eigenvalue weighted by Gasteiger charge is -2.17. The van der Waals surface area contributed by atoms with Gasteiger partial charge in [-0.05, 0) is 12.1 Å². The van der Waals surface area contributed by atoms with Crippen LogP contribution in [0.15, 0.2) is 24.3 Å². The van der Waals surface area contributed by atoms with Crippen molar-refractivity contribution in [3.05, 3.63) is 24.3 Å². The van der Waals surface area contributed by atoms with Gasteiger partial charge in [0.25, 0.3) is 0 Å². The van der Waals surface area contributed by atoms with Crippen LogP contribution in [0.2, 0.25) is 0 Å². The molecule has 1 aromatic rings. The van der Waals surface area contributed by atoms with Crippen LogP contribution in [0, 0.1) is 0 Å². The van der Waals surface area contributed by atoms with Gasteiger partial charge in [0.2, 0.25) is 0 Å². The zero-order chi connectivity index (χ0) is 6.81. The highest BCUT2D eigenvalue weighted by molar-refractivity contribution is 5.40. The van der Waals surface area contributed by atoms with E-state index in [4.69, 9.17) is 9.47 Å².